The van der Waals surface area contributed by atoms with Crippen LogP contribution in [-0.4, -0.2) is 59.6 Å². The Morgan fingerprint density at radius 3 is 2.67 bits per heavy atom. The van der Waals surface area contributed by atoms with Gasteiger partial charge in [0.25, 0.3) is 5.91 Å². The van der Waals surface area contributed by atoms with E-state index in [4.69, 9.17) is 11.6 Å². The maximum Gasteiger partial charge on any atom is 0.253 e. The summed E-state index contributed by atoms with van der Waals surface area (Å²) in [6.45, 7) is 5.98. The maximum atomic E-state index is 12.7. The summed E-state index contributed by atoms with van der Waals surface area (Å²) >= 11 is 6.05. The Morgan fingerprint density at radius 1 is 1.25 bits per heavy atom. The minimum atomic E-state index is 0.111. The van der Waals surface area contributed by atoms with E-state index in [1.165, 1.54) is 6.42 Å². The third kappa shape index (κ3) is 3.93. The standard InChI is InChI=1S/C19H27ClN2O2/c1-14-11-16(4-5-18(14)20)19(24)21-9-6-17(7-10-21)22-8-2-3-15(12-22)13-23/h4-5,11,15,17,23H,2-3,6-10,12-13H2,1H3/t15-/m1/s1. The molecule has 1 atom stereocenters. The fraction of sp³-hybridized carbons (Fsp3) is 0.632. The normalized spacial score (nSPS) is 23.5. The lowest BCUT2D eigenvalue weighted by atomic mass is 9.94. The molecule has 0 spiro atoms. The Labute approximate surface area is 149 Å². The van der Waals surface area contributed by atoms with Crippen LogP contribution in [0.1, 0.15) is 41.6 Å². The van der Waals surface area contributed by atoms with Crippen LogP contribution in [0.4, 0.5) is 0 Å². The van der Waals surface area contributed by atoms with Gasteiger partial charge in [0, 0.05) is 42.9 Å². The van der Waals surface area contributed by atoms with Crippen LogP contribution in [-0.2, 0) is 0 Å². The number of halogens is 1. The van der Waals surface area contributed by atoms with Gasteiger partial charge in [0.1, 0.15) is 0 Å². The highest BCUT2D eigenvalue weighted by Gasteiger charge is 2.30. The number of likely N-dealkylation sites (tertiary alicyclic amines) is 2. The smallest absolute Gasteiger partial charge is 0.253 e. The number of hydrogen-bond donors (Lipinski definition) is 1. The molecule has 0 unspecified atom stereocenters. The van der Waals surface area contributed by atoms with Crippen LogP contribution in [0, 0.1) is 12.8 Å². The van der Waals surface area contributed by atoms with E-state index in [2.05, 4.69) is 4.90 Å². The van der Waals surface area contributed by atoms with Gasteiger partial charge in [-0.25, -0.2) is 0 Å². The van der Waals surface area contributed by atoms with Crippen LogP contribution >= 0.6 is 11.6 Å². The number of rotatable bonds is 3. The van der Waals surface area contributed by atoms with E-state index in [-0.39, 0.29) is 5.91 Å². The third-order valence-electron chi connectivity index (χ3n) is 5.48. The molecule has 2 aliphatic rings. The van der Waals surface area contributed by atoms with Crippen molar-refractivity contribution < 1.29 is 9.90 Å². The number of aliphatic hydroxyl groups is 1. The minimum absolute atomic E-state index is 0.111. The van der Waals surface area contributed by atoms with Gasteiger partial charge < -0.3 is 10.0 Å². The van der Waals surface area contributed by atoms with E-state index in [0.717, 1.165) is 56.6 Å². The molecule has 0 bridgehead atoms. The van der Waals surface area contributed by atoms with Gasteiger partial charge >= 0.3 is 0 Å². The number of amides is 1. The predicted molar refractivity (Wildman–Crippen MR) is 96.5 cm³/mol. The van der Waals surface area contributed by atoms with Gasteiger partial charge in [-0.1, -0.05) is 11.6 Å². The lowest BCUT2D eigenvalue weighted by Crippen LogP contribution is -2.50. The Hall–Kier alpha value is -1.10. The molecule has 1 amide bonds. The van der Waals surface area contributed by atoms with E-state index >= 15 is 0 Å². The van der Waals surface area contributed by atoms with E-state index in [9.17, 15) is 9.90 Å². The molecule has 1 aromatic rings. The second kappa shape index (κ2) is 7.85. The largest absolute Gasteiger partial charge is 0.396 e. The van der Waals surface area contributed by atoms with Gasteiger partial charge in [0.15, 0.2) is 0 Å². The van der Waals surface area contributed by atoms with Crippen molar-refractivity contribution in [3.8, 4) is 0 Å². The number of aryl methyl sites for hydroxylation is 1. The van der Waals surface area contributed by atoms with Crippen LogP contribution < -0.4 is 0 Å². The van der Waals surface area contributed by atoms with Crippen LogP contribution in [0.3, 0.4) is 0 Å². The second-order valence-corrected chi connectivity index (χ2v) is 7.58. The number of carbonyl (C=O) groups is 1. The minimum Gasteiger partial charge on any atom is -0.396 e. The first kappa shape index (κ1) is 17.7. The maximum absolute atomic E-state index is 12.7. The second-order valence-electron chi connectivity index (χ2n) is 7.17. The number of carbonyl (C=O) groups excluding carboxylic acids is 1. The van der Waals surface area contributed by atoms with Crippen molar-refractivity contribution in [2.75, 3.05) is 32.8 Å². The summed E-state index contributed by atoms with van der Waals surface area (Å²) in [6.07, 6.45) is 4.36. The highest BCUT2D eigenvalue weighted by Crippen LogP contribution is 2.25. The predicted octanol–water partition coefficient (Wildman–Crippen LogP) is 2.96. The lowest BCUT2D eigenvalue weighted by molar-refractivity contribution is 0.0455. The Balaban J connectivity index is 1.56. The number of benzene rings is 1. The quantitative estimate of drug-likeness (QED) is 0.911. The fourth-order valence-corrected chi connectivity index (χ4v) is 4.09. The van der Waals surface area contributed by atoms with Crippen molar-refractivity contribution in [2.24, 2.45) is 5.92 Å². The van der Waals surface area contributed by atoms with Crippen molar-refractivity contribution in [1.29, 1.82) is 0 Å². The summed E-state index contributed by atoms with van der Waals surface area (Å²) in [5, 5.41) is 10.1. The van der Waals surface area contributed by atoms with Crippen LogP contribution in [0.5, 0.6) is 0 Å². The average molecular weight is 351 g/mol. The van der Waals surface area contributed by atoms with Gasteiger partial charge in [0.2, 0.25) is 0 Å². The van der Waals surface area contributed by atoms with Crippen LogP contribution in [0.25, 0.3) is 0 Å². The van der Waals surface area contributed by atoms with Gasteiger partial charge in [0.05, 0.1) is 0 Å². The molecule has 2 heterocycles. The van der Waals surface area contributed by atoms with Crippen molar-refractivity contribution in [1.82, 2.24) is 9.80 Å². The van der Waals surface area contributed by atoms with Crippen LogP contribution in [0.15, 0.2) is 18.2 Å². The molecule has 132 valence electrons. The molecule has 2 fully saturated rings. The Kier molecular flexibility index (Phi) is 5.80. The number of nitrogens with zero attached hydrogens (tertiary/aromatic N) is 2. The van der Waals surface area contributed by atoms with E-state index in [0.29, 0.717) is 23.6 Å². The zero-order valence-corrected chi connectivity index (χ0v) is 15.1. The van der Waals surface area contributed by atoms with Crippen molar-refractivity contribution in [3.05, 3.63) is 34.3 Å². The molecule has 0 aromatic heterocycles. The third-order valence-corrected chi connectivity index (χ3v) is 5.91. The first-order valence-corrected chi connectivity index (χ1v) is 9.36. The molecule has 2 saturated heterocycles. The molecule has 0 radical (unpaired) electrons. The molecule has 24 heavy (non-hydrogen) atoms. The van der Waals surface area contributed by atoms with Gasteiger partial charge in [-0.2, -0.15) is 0 Å². The van der Waals surface area contributed by atoms with E-state index in [1.807, 2.05) is 24.0 Å². The van der Waals surface area contributed by atoms with Gasteiger partial charge in [-0.15, -0.1) is 0 Å². The zero-order chi connectivity index (χ0) is 17.1. The zero-order valence-electron chi connectivity index (χ0n) is 14.4. The molecular weight excluding hydrogens is 324 g/mol. The fourth-order valence-electron chi connectivity index (χ4n) is 3.97. The summed E-state index contributed by atoms with van der Waals surface area (Å²) in [4.78, 5) is 17.2. The van der Waals surface area contributed by atoms with E-state index in [1.54, 1.807) is 6.07 Å². The SMILES string of the molecule is Cc1cc(C(=O)N2CCC(N3CCC[C@@H](CO)C3)CC2)ccc1Cl. The topological polar surface area (TPSA) is 43.8 Å². The first-order valence-electron chi connectivity index (χ1n) is 8.99. The van der Waals surface area contributed by atoms with Gasteiger partial charge in [-0.05, 0) is 68.8 Å². The summed E-state index contributed by atoms with van der Waals surface area (Å²) in [6, 6.07) is 6.06. The van der Waals surface area contributed by atoms with Gasteiger partial charge in [-0.3, -0.25) is 9.69 Å². The summed E-state index contributed by atoms with van der Waals surface area (Å²) < 4.78 is 0. The van der Waals surface area contributed by atoms with Crippen molar-refractivity contribution in [3.63, 3.8) is 0 Å². The number of piperidine rings is 2. The molecule has 1 N–H and O–H groups in total. The highest BCUT2D eigenvalue weighted by atomic mass is 35.5. The number of aliphatic hydroxyl groups excluding tert-OH is 1. The van der Waals surface area contributed by atoms with E-state index < -0.39 is 0 Å². The summed E-state index contributed by atoms with van der Waals surface area (Å²) in [5.41, 5.74) is 1.68. The van der Waals surface area contributed by atoms with Crippen molar-refractivity contribution >= 4 is 17.5 Å². The Morgan fingerprint density at radius 2 is 2.00 bits per heavy atom. The van der Waals surface area contributed by atoms with Crippen molar-refractivity contribution in [2.45, 2.75) is 38.6 Å². The summed E-state index contributed by atoms with van der Waals surface area (Å²) in [7, 11) is 0. The molecule has 5 heteroatoms. The molecule has 0 saturated carbocycles. The monoisotopic (exact) mass is 350 g/mol. The molecule has 0 aliphatic carbocycles. The lowest BCUT2D eigenvalue weighted by Gasteiger charge is -2.42. The molecule has 2 aliphatic heterocycles. The molecule has 4 nitrogen and oxygen atoms in total. The molecule has 3 rings (SSSR count). The summed E-state index contributed by atoms with van der Waals surface area (Å²) in [5.74, 6) is 0.538. The molecular formula is C19H27ClN2O2. The molecule has 1 aromatic carbocycles. The Bertz CT molecular complexity index is 585. The van der Waals surface area contributed by atoms with Crippen LogP contribution in [0.2, 0.25) is 5.02 Å². The highest BCUT2D eigenvalue weighted by molar-refractivity contribution is 6.31. The number of hydrogen-bond acceptors (Lipinski definition) is 3. The average Bonchev–Trinajstić information content (AvgIpc) is 2.63. The first-order chi connectivity index (χ1) is 11.6.